The summed E-state index contributed by atoms with van der Waals surface area (Å²) in [6.45, 7) is 11.3. The summed E-state index contributed by atoms with van der Waals surface area (Å²) in [6, 6.07) is 3.29. The lowest BCUT2D eigenvalue weighted by atomic mass is 10.0. The largest absolute Gasteiger partial charge is 0.360 e. The highest BCUT2D eigenvalue weighted by atomic mass is 16.5. The molecule has 0 bridgehead atoms. The first kappa shape index (κ1) is 18.8. The van der Waals surface area contributed by atoms with Crippen molar-refractivity contribution in [2.45, 2.75) is 54.0 Å². The Bertz CT molecular complexity index is 1070. The van der Waals surface area contributed by atoms with E-state index in [0.717, 1.165) is 22.4 Å². The number of hydrogen-bond acceptors (Lipinski definition) is 5. The van der Waals surface area contributed by atoms with E-state index in [0.29, 0.717) is 23.3 Å². The van der Waals surface area contributed by atoms with Gasteiger partial charge in [-0.2, -0.15) is 5.10 Å². The fraction of sp³-hybridized carbons (Fsp3) is 0.400. The minimum absolute atomic E-state index is 0.203. The van der Waals surface area contributed by atoms with Crippen LogP contribution in [0.4, 0.5) is 5.69 Å². The van der Waals surface area contributed by atoms with Gasteiger partial charge in [0.25, 0.3) is 5.56 Å². The van der Waals surface area contributed by atoms with Crippen molar-refractivity contribution in [1.82, 2.24) is 14.9 Å². The van der Waals surface area contributed by atoms with E-state index in [1.54, 1.807) is 13.8 Å². The average molecular weight is 368 g/mol. The average Bonchev–Trinajstić information content (AvgIpc) is 2.98. The molecule has 1 amide bonds. The van der Waals surface area contributed by atoms with E-state index in [9.17, 15) is 9.59 Å². The number of nitrogens with zero attached hydrogens (tertiary/aromatic N) is 3. The van der Waals surface area contributed by atoms with Gasteiger partial charge in [0.1, 0.15) is 11.8 Å². The summed E-state index contributed by atoms with van der Waals surface area (Å²) < 4.78 is 6.36. The number of rotatable bonds is 4. The predicted octanol–water partition coefficient (Wildman–Crippen LogP) is 3.52. The Balaban J connectivity index is 2.03. The van der Waals surface area contributed by atoms with Crippen molar-refractivity contribution in [3.63, 3.8) is 0 Å². The molecule has 3 aromatic rings. The van der Waals surface area contributed by atoms with E-state index in [-0.39, 0.29) is 11.4 Å². The van der Waals surface area contributed by atoms with Crippen molar-refractivity contribution in [2.75, 3.05) is 5.32 Å². The van der Waals surface area contributed by atoms with Crippen molar-refractivity contribution < 1.29 is 9.32 Å². The van der Waals surface area contributed by atoms with Gasteiger partial charge in [0.2, 0.25) is 5.91 Å². The Morgan fingerprint density at radius 3 is 2.41 bits per heavy atom. The molecule has 1 N–H and O–H groups in total. The molecule has 0 aliphatic rings. The molecule has 0 radical (unpaired) electrons. The Kier molecular flexibility index (Phi) is 4.87. The molecule has 2 heterocycles. The van der Waals surface area contributed by atoms with Crippen molar-refractivity contribution >= 4 is 22.5 Å². The summed E-state index contributed by atoms with van der Waals surface area (Å²) in [5.41, 5.74) is 4.25. The molecule has 0 aliphatic heterocycles. The highest BCUT2D eigenvalue weighted by molar-refractivity contribution is 5.95. The maximum Gasteiger partial charge on any atom is 0.297 e. The van der Waals surface area contributed by atoms with Gasteiger partial charge in [0.15, 0.2) is 5.52 Å². The lowest BCUT2D eigenvalue weighted by Crippen LogP contribution is -2.35. The van der Waals surface area contributed by atoms with Crippen LogP contribution in [0.5, 0.6) is 0 Å². The predicted molar refractivity (Wildman–Crippen MR) is 104 cm³/mol. The SMILES string of the molecule is CC[C@@H](C(=O)Nc1c(C)cc(C)cc1C)n1nc(C)c2c(C)onc2c1=O. The summed E-state index contributed by atoms with van der Waals surface area (Å²) in [6.07, 6.45) is 0.421. The zero-order valence-electron chi connectivity index (χ0n) is 16.5. The van der Waals surface area contributed by atoms with E-state index < -0.39 is 11.6 Å². The summed E-state index contributed by atoms with van der Waals surface area (Å²) in [5, 5.41) is 11.8. The van der Waals surface area contributed by atoms with Gasteiger partial charge in [-0.25, -0.2) is 4.68 Å². The third-order valence-electron chi connectivity index (χ3n) is 4.80. The third-order valence-corrected chi connectivity index (χ3v) is 4.80. The number of fused-ring (bicyclic) bond motifs is 1. The maximum absolute atomic E-state index is 13.0. The third kappa shape index (κ3) is 3.25. The van der Waals surface area contributed by atoms with Crippen LogP contribution in [0.1, 0.15) is 47.5 Å². The summed E-state index contributed by atoms with van der Waals surface area (Å²) >= 11 is 0. The van der Waals surface area contributed by atoms with E-state index in [1.165, 1.54) is 4.68 Å². The minimum Gasteiger partial charge on any atom is -0.360 e. The summed E-state index contributed by atoms with van der Waals surface area (Å²) in [7, 11) is 0. The molecule has 142 valence electrons. The number of aromatic nitrogens is 3. The first-order chi connectivity index (χ1) is 12.7. The van der Waals surface area contributed by atoms with Crippen LogP contribution in [-0.4, -0.2) is 20.8 Å². The number of hydrogen-bond donors (Lipinski definition) is 1. The van der Waals surface area contributed by atoms with E-state index in [1.807, 2.05) is 39.8 Å². The van der Waals surface area contributed by atoms with Crippen molar-refractivity contribution in [1.29, 1.82) is 0 Å². The van der Waals surface area contributed by atoms with Crippen LogP contribution in [0.25, 0.3) is 10.9 Å². The first-order valence-corrected chi connectivity index (χ1v) is 8.98. The number of aryl methyl sites for hydroxylation is 5. The molecule has 3 rings (SSSR count). The molecule has 7 nitrogen and oxygen atoms in total. The van der Waals surface area contributed by atoms with Crippen LogP contribution >= 0.6 is 0 Å². The molecule has 0 aliphatic carbocycles. The van der Waals surface area contributed by atoms with Crippen LogP contribution in [-0.2, 0) is 4.79 Å². The zero-order chi connectivity index (χ0) is 19.9. The Labute approximate surface area is 157 Å². The highest BCUT2D eigenvalue weighted by Crippen LogP contribution is 2.24. The fourth-order valence-corrected chi connectivity index (χ4v) is 3.57. The molecule has 2 aromatic heterocycles. The van der Waals surface area contributed by atoms with Gasteiger partial charge in [-0.1, -0.05) is 29.8 Å². The molecule has 0 fully saturated rings. The minimum atomic E-state index is -0.738. The number of carbonyl (C=O) groups excluding carboxylic acids is 1. The summed E-state index contributed by atoms with van der Waals surface area (Å²) in [4.78, 5) is 25.8. The van der Waals surface area contributed by atoms with E-state index in [2.05, 4.69) is 15.6 Å². The molecule has 0 saturated carbocycles. The molecule has 0 saturated heterocycles. The molecule has 1 aromatic carbocycles. The van der Waals surface area contributed by atoms with Crippen LogP contribution in [0.2, 0.25) is 0 Å². The Hall–Kier alpha value is -2.96. The Morgan fingerprint density at radius 2 is 1.81 bits per heavy atom. The highest BCUT2D eigenvalue weighted by Gasteiger charge is 2.25. The maximum atomic E-state index is 13.0. The van der Waals surface area contributed by atoms with Crippen molar-refractivity contribution in [2.24, 2.45) is 0 Å². The van der Waals surface area contributed by atoms with Gasteiger partial charge in [0.05, 0.1) is 11.1 Å². The smallest absolute Gasteiger partial charge is 0.297 e. The van der Waals surface area contributed by atoms with Gasteiger partial charge in [-0.3, -0.25) is 9.59 Å². The van der Waals surface area contributed by atoms with Gasteiger partial charge >= 0.3 is 0 Å². The monoisotopic (exact) mass is 368 g/mol. The van der Waals surface area contributed by atoms with Gasteiger partial charge in [-0.15, -0.1) is 0 Å². The molecular formula is C20H24N4O3. The summed E-state index contributed by atoms with van der Waals surface area (Å²) in [5.74, 6) is 0.267. The quantitative estimate of drug-likeness (QED) is 0.761. The van der Waals surface area contributed by atoms with E-state index in [4.69, 9.17) is 4.52 Å². The van der Waals surface area contributed by atoms with Crippen molar-refractivity contribution in [3.05, 3.63) is 50.6 Å². The number of nitrogens with one attached hydrogen (secondary N) is 1. The molecule has 7 heteroatoms. The topological polar surface area (TPSA) is 90.0 Å². The van der Waals surface area contributed by atoms with Gasteiger partial charge in [-0.05, 0) is 52.2 Å². The van der Waals surface area contributed by atoms with Crippen molar-refractivity contribution in [3.8, 4) is 0 Å². The second-order valence-corrected chi connectivity index (χ2v) is 6.98. The standard InChI is InChI=1S/C20H24N4O3/c1-7-15(19(25)21-17-11(3)8-10(2)9-12(17)4)24-20(26)18-16(13(5)22-24)14(6)27-23-18/h8-9,15H,7H2,1-6H3,(H,21,25)/t15-/m0/s1. The van der Waals surface area contributed by atoms with E-state index >= 15 is 0 Å². The van der Waals surface area contributed by atoms with Crippen LogP contribution in [0.15, 0.2) is 21.5 Å². The second kappa shape index (κ2) is 6.98. The molecule has 0 spiro atoms. The first-order valence-electron chi connectivity index (χ1n) is 8.98. The molecule has 0 unspecified atom stereocenters. The lowest BCUT2D eigenvalue weighted by Gasteiger charge is -2.19. The fourth-order valence-electron chi connectivity index (χ4n) is 3.57. The van der Waals surface area contributed by atoms with Crippen LogP contribution in [0.3, 0.4) is 0 Å². The molecule has 27 heavy (non-hydrogen) atoms. The second-order valence-electron chi connectivity index (χ2n) is 6.98. The Morgan fingerprint density at radius 1 is 1.19 bits per heavy atom. The number of amides is 1. The van der Waals surface area contributed by atoms with Gasteiger partial charge < -0.3 is 9.84 Å². The number of anilines is 1. The number of carbonyl (C=O) groups is 1. The molecular weight excluding hydrogens is 344 g/mol. The van der Waals surface area contributed by atoms with Crippen LogP contribution < -0.4 is 10.9 Å². The molecule has 1 atom stereocenters. The number of benzene rings is 1. The van der Waals surface area contributed by atoms with Crippen LogP contribution in [0, 0.1) is 34.6 Å². The lowest BCUT2D eigenvalue weighted by molar-refractivity contribution is -0.119. The zero-order valence-corrected chi connectivity index (χ0v) is 16.5. The van der Waals surface area contributed by atoms with Gasteiger partial charge in [0, 0.05) is 5.69 Å². The normalized spacial score (nSPS) is 12.4.